The average Bonchev–Trinajstić information content (AvgIpc) is 2.29. The normalized spacial score (nSPS) is 15.8. The van der Waals surface area contributed by atoms with Crippen molar-refractivity contribution in [3.63, 3.8) is 0 Å². The summed E-state index contributed by atoms with van der Waals surface area (Å²) in [6.07, 6.45) is 4.91. The molecule has 0 aliphatic carbocycles. The Hall–Kier alpha value is -1.50. The Morgan fingerprint density at radius 2 is 1.88 bits per heavy atom. The molecule has 1 heteroatoms. The number of hydrogen-bond donors (Lipinski definition) is 0. The van der Waals surface area contributed by atoms with Crippen LogP contribution in [0.15, 0.2) is 30.3 Å². The first-order valence-electron chi connectivity index (χ1n) is 6.49. The third-order valence-electron chi connectivity index (χ3n) is 3.52. The SMILES string of the molecule is Cc1ccc2cc3c(cc2c1)CCCCCO3. The Bertz CT molecular complexity index is 542. The number of rotatable bonds is 0. The topological polar surface area (TPSA) is 9.23 Å². The first-order valence-corrected chi connectivity index (χ1v) is 6.49. The predicted octanol–water partition coefficient (Wildman–Crippen LogP) is 4.25. The standard InChI is InChI=1S/C16H18O/c1-12-6-7-13-11-16-14(10-15(13)9-12)5-3-2-4-8-17-16/h6-7,9-11H,2-5,8H2,1H3. The molecule has 88 valence electrons. The van der Waals surface area contributed by atoms with E-state index in [2.05, 4.69) is 37.3 Å². The Labute approximate surface area is 102 Å². The third-order valence-corrected chi connectivity index (χ3v) is 3.52. The Balaban J connectivity index is 2.13. The number of ether oxygens (including phenoxy) is 1. The molecule has 1 aliphatic rings. The van der Waals surface area contributed by atoms with Crippen LogP contribution in [0.4, 0.5) is 0 Å². The van der Waals surface area contributed by atoms with Crippen LogP contribution in [0, 0.1) is 6.92 Å². The van der Waals surface area contributed by atoms with Gasteiger partial charge in [0.15, 0.2) is 0 Å². The lowest BCUT2D eigenvalue weighted by Crippen LogP contribution is -2.04. The number of aryl methyl sites for hydroxylation is 2. The highest BCUT2D eigenvalue weighted by Gasteiger charge is 2.09. The zero-order chi connectivity index (χ0) is 11.7. The van der Waals surface area contributed by atoms with E-state index in [1.165, 1.54) is 41.2 Å². The van der Waals surface area contributed by atoms with Crippen molar-refractivity contribution in [2.75, 3.05) is 6.61 Å². The summed E-state index contributed by atoms with van der Waals surface area (Å²) in [5.74, 6) is 1.10. The second-order valence-corrected chi connectivity index (χ2v) is 4.97. The molecule has 0 atom stereocenters. The maximum absolute atomic E-state index is 5.87. The van der Waals surface area contributed by atoms with Gasteiger partial charge < -0.3 is 4.74 Å². The lowest BCUT2D eigenvalue weighted by Gasteiger charge is -2.16. The molecule has 0 radical (unpaired) electrons. The second kappa shape index (κ2) is 4.40. The monoisotopic (exact) mass is 226 g/mol. The van der Waals surface area contributed by atoms with Crippen molar-refractivity contribution < 1.29 is 4.74 Å². The molecule has 0 fully saturated rings. The van der Waals surface area contributed by atoms with Gasteiger partial charge in [0.05, 0.1) is 6.61 Å². The van der Waals surface area contributed by atoms with Crippen LogP contribution in [0.1, 0.15) is 30.4 Å². The molecule has 0 saturated carbocycles. The van der Waals surface area contributed by atoms with Crippen molar-refractivity contribution in [3.05, 3.63) is 41.5 Å². The molecule has 0 unspecified atom stereocenters. The van der Waals surface area contributed by atoms with Crippen molar-refractivity contribution >= 4 is 10.8 Å². The Morgan fingerprint density at radius 3 is 2.82 bits per heavy atom. The van der Waals surface area contributed by atoms with Gasteiger partial charge in [-0.05, 0) is 61.1 Å². The van der Waals surface area contributed by atoms with Crippen LogP contribution in [0.5, 0.6) is 5.75 Å². The van der Waals surface area contributed by atoms with E-state index in [4.69, 9.17) is 4.74 Å². The maximum Gasteiger partial charge on any atom is 0.123 e. The van der Waals surface area contributed by atoms with Crippen LogP contribution in [-0.4, -0.2) is 6.61 Å². The van der Waals surface area contributed by atoms with Crippen LogP contribution in [0.3, 0.4) is 0 Å². The van der Waals surface area contributed by atoms with Gasteiger partial charge >= 0.3 is 0 Å². The lowest BCUT2D eigenvalue weighted by molar-refractivity contribution is 0.295. The van der Waals surface area contributed by atoms with E-state index in [-0.39, 0.29) is 0 Å². The average molecular weight is 226 g/mol. The summed E-state index contributed by atoms with van der Waals surface area (Å²) < 4.78 is 5.87. The van der Waals surface area contributed by atoms with Crippen LogP contribution >= 0.6 is 0 Å². The maximum atomic E-state index is 5.87. The minimum absolute atomic E-state index is 0.865. The van der Waals surface area contributed by atoms with E-state index >= 15 is 0 Å². The molecular weight excluding hydrogens is 208 g/mol. The molecular formula is C16H18O. The number of fused-ring (bicyclic) bond motifs is 2. The molecule has 1 nitrogen and oxygen atoms in total. The summed E-state index contributed by atoms with van der Waals surface area (Å²) in [5.41, 5.74) is 2.70. The fourth-order valence-electron chi connectivity index (χ4n) is 2.55. The third kappa shape index (κ3) is 2.14. The molecule has 2 aromatic carbocycles. The molecule has 1 heterocycles. The molecule has 2 aromatic rings. The zero-order valence-corrected chi connectivity index (χ0v) is 10.3. The highest BCUT2D eigenvalue weighted by atomic mass is 16.5. The van der Waals surface area contributed by atoms with E-state index in [0.717, 1.165) is 18.8 Å². The van der Waals surface area contributed by atoms with Gasteiger partial charge in [-0.25, -0.2) is 0 Å². The zero-order valence-electron chi connectivity index (χ0n) is 10.3. The van der Waals surface area contributed by atoms with E-state index in [9.17, 15) is 0 Å². The molecule has 0 aromatic heterocycles. The summed E-state index contributed by atoms with van der Waals surface area (Å²) in [6.45, 7) is 3.01. The summed E-state index contributed by atoms with van der Waals surface area (Å²) in [6, 6.07) is 11.1. The minimum atomic E-state index is 0.865. The van der Waals surface area contributed by atoms with Gasteiger partial charge in [0, 0.05) is 0 Å². The Kier molecular flexibility index (Phi) is 2.76. The molecule has 0 spiro atoms. The quantitative estimate of drug-likeness (QED) is 0.652. The molecule has 0 amide bonds. The molecule has 0 saturated heterocycles. The summed E-state index contributed by atoms with van der Waals surface area (Å²) in [7, 11) is 0. The fourth-order valence-corrected chi connectivity index (χ4v) is 2.55. The van der Waals surface area contributed by atoms with Crippen LogP contribution in [-0.2, 0) is 6.42 Å². The van der Waals surface area contributed by atoms with Gasteiger partial charge in [0.25, 0.3) is 0 Å². The molecule has 1 aliphatic heterocycles. The van der Waals surface area contributed by atoms with Crippen LogP contribution in [0.2, 0.25) is 0 Å². The van der Waals surface area contributed by atoms with Crippen LogP contribution < -0.4 is 4.74 Å². The summed E-state index contributed by atoms with van der Waals surface area (Å²) in [4.78, 5) is 0. The van der Waals surface area contributed by atoms with E-state index in [0.29, 0.717) is 0 Å². The lowest BCUT2D eigenvalue weighted by atomic mass is 9.99. The van der Waals surface area contributed by atoms with Crippen molar-refractivity contribution in [3.8, 4) is 5.75 Å². The van der Waals surface area contributed by atoms with Crippen molar-refractivity contribution in [1.29, 1.82) is 0 Å². The van der Waals surface area contributed by atoms with Crippen molar-refractivity contribution in [2.45, 2.75) is 32.6 Å². The number of benzene rings is 2. The van der Waals surface area contributed by atoms with Gasteiger partial charge in [-0.2, -0.15) is 0 Å². The van der Waals surface area contributed by atoms with Gasteiger partial charge in [-0.1, -0.05) is 23.8 Å². The first-order chi connectivity index (χ1) is 8.33. The molecule has 0 bridgehead atoms. The van der Waals surface area contributed by atoms with Crippen LogP contribution in [0.25, 0.3) is 10.8 Å². The van der Waals surface area contributed by atoms with Gasteiger partial charge in [-0.3, -0.25) is 0 Å². The summed E-state index contributed by atoms with van der Waals surface area (Å²) >= 11 is 0. The molecule has 3 rings (SSSR count). The van der Waals surface area contributed by atoms with Crippen molar-refractivity contribution in [2.24, 2.45) is 0 Å². The summed E-state index contributed by atoms with van der Waals surface area (Å²) in [5, 5.41) is 2.63. The first kappa shape index (κ1) is 10.6. The molecule has 17 heavy (non-hydrogen) atoms. The van der Waals surface area contributed by atoms with Gasteiger partial charge in [0.1, 0.15) is 5.75 Å². The fraction of sp³-hybridized carbons (Fsp3) is 0.375. The van der Waals surface area contributed by atoms with Gasteiger partial charge in [-0.15, -0.1) is 0 Å². The Morgan fingerprint density at radius 1 is 0.941 bits per heavy atom. The van der Waals surface area contributed by atoms with E-state index in [1.54, 1.807) is 0 Å². The molecule has 0 N–H and O–H groups in total. The highest BCUT2D eigenvalue weighted by molar-refractivity contribution is 5.85. The largest absolute Gasteiger partial charge is 0.493 e. The van der Waals surface area contributed by atoms with E-state index in [1.807, 2.05) is 0 Å². The second-order valence-electron chi connectivity index (χ2n) is 4.97. The van der Waals surface area contributed by atoms with Gasteiger partial charge in [0.2, 0.25) is 0 Å². The highest BCUT2D eigenvalue weighted by Crippen LogP contribution is 2.29. The van der Waals surface area contributed by atoms with E-state index < -0.39 is 0 Å². The minimum Gasteiger partial charge on any atom is -0.493 e. The predicted molar refractivity (Wildman–Crippen MR) is 71.7 cm³/mol. The van der Waals surface area contributed by atoms with Crippen molar-refractivity contribution in [1.82, 2.24) is 0 Å². The number of hydrogen-bond acceptors (Lipinski definition) is 1. The smallest absolute Gasteiger partial charge is 0.123 e.